The van der Waals surface area contributed by atoms with E-state index in [1.807, 2.05) is 34.6 Å². The van der Waals surface area contributed by atoms with Gasteiger partial charge in [0.05, 0.1) is 5.82 Å². The number of carbonyl (C=O) groups is 1. The van der Waals surface area contributed by atoms with Crippen molar-refractivity contribution in [2.24, 2.45) is 5.73 Å². The molecule has 0 saturated carbocycles. The van der Waals surface area contributed by atoms with Crippen LogP contribution in [0.15, 0.2) is 11.4 Å². The monoisotopic (exact) mass is 214 g/mol. The fraction of sp³-hybridized carbons (Fsp3) is 0.727. The Balaban J connectivity index is 4.30. The molecule has 0 rings (SSSR count). The molecule has 88 valence electrons. The lowest BCUT2D eigenvalue weighted by atomic mass is 10.2. The third-order valence-electron chi connectivity index (χ3n) is 1.67. The summed E-state index contributed by atoms with van der Waals surface area (Å²) in [6, 6.07) is -0.431. The van der Waals surface area contributed by atoms with Crippen LogP contribution in [0.4, 0.5) is 0 Å². The SMILES string of the molecule is CC(C)=C(N)NC(C)C(=O)OC(C)(C)C. The molecule has 0 aliphatic carbocycles. The molecule has 0 fully saturated rings. The average Bonchev–Trinajstić information content (AvgIpc) is 2.00. The molecule has 4 nitrogen and oxygen atoms in total. The highest BCUT2D eigenvalue weighted by Crippen LogP contribution is 2.08. The number of ether oxygens (including phenoxy) is 1. The van der Waals surface area contributed by atoms with Crippen molar-refractivity contribution in [2.45, 2.75) is 53.2 Å². The van der Waals surface area contributed by atoms with Gasteiger partial charge in [0.1, 0.15) is 11.6 Å². The van der Waals surface area contributed by atoms with Gasteiger partial charge in [0.25, 0.3) is 0 Å². The highest BCUT2D eigenvalue weighted by Gasteiger charge is 2.21. The van der Waals surface area contributed by atoms with Crippen molar-refractivity contribution in [1.29, 1.82) is 0 Å². The highest BCUT2D eigenvalue weighted by atomic mass is 16.6. The third-order valence-corrected chi connectivity index (χ3v) is 1.67. The maximum Gasteiger partial charge on any atom is 0.328 e. The number of allylic oxidation sites excluding steroid dienone is 1. The Labute approximate surface area is 91.9 Å². The molecule has 0 aromatic carbocycles. The summed E-state index contributed by atoms with van der Waals surface area (Å²) in [7, 11) is 0. The number of hydrogen-bond acceptors (Lipinski definition) is 4. The number of nitrogens with one attached hydrogen (secondary N) is 1. The Morgan fingerprint density at radius 1 is 1.33 bits per heavy atom. The van der Waals surface area contributed by atoms with Gasteiger partial charge in [-0.15, -0.1) is 0 Å². The van der Waals surface area contributed by atoms with Gasteiger partial charge in [0.15, 0.2) is 0 Å². The molecule has 0 aromatic rings. The van der Waals surface area contributed by atoms with E-state index in [4.69, 9.17) is 10.5 Å². The summed E-state index contributed by atoms with van der Waals surface area (Å²) in [6.45, 7) is 11.0. The van der Waals surface area contributed by atoms with Crippen LogP contribution in [0.3, 0.4) is 0 Å². The molecule has 0 aromatic heterocycles. The predicted octanol–water partition coefficient (Wildman–Crippen LogP) is 1.52. The Morgan fingerprint density at radius 3 is 2.13 bits per heavy atom. The van der Waals surface area contributed by atoms with Gasteiger partial charge in [0.2, 0.25) is 0 Å². The van der Waals surface area contributed by atoms with Crippen LogP contribution in [0.1, 0.15) is 41.5 Å². The first kappa shape index (κ1) is 13.8. The van der Waals surface area contributed by atoms with E-state index in [0.717, 1.165) is 5.57 Å². The molecule has 3 N–H and O–H groups in total. The van der Waals surface area contributed by atoms with Gasteiger partial charge >= 0.3 is 5.97 Å². The molecular weight excluding hydrogens is 192 g/mol. The minimum absolute atomic E-state index is 0.299. The maximum atomic E-state index is 11.6. The van der Waals surface area contributed by atoms with E-state index < -0.39 is 11.6 Å². The fourth-order valence-corrected chi connectivity index (χ4v) is 0.827. The highest BCUT2D eigenvalue weighted by molar-refractivity contribution is 5.76. The van der Waals surface area contributed by atoms with Crippen molar-refractivity contribution < 1.29 is 9.53 Å². The third kappa shape index (κ3) is 5.99. The topological polar surface area (TPSA) is 64.3 Å². The van der Waals surface area contributed by atoms with Gasteiger partial charge in [-0.1, -0.05) is 0 Å². The minimum atomic E-state index is -0.466. The van der Waals surface area contributed by atoms with E-state index >= 15 is 0 Å². The molecule has 4 heteroatoms. The molecule has 0 saturated heterocycles. The molecule has 0 amide bonds. The van der Waals surface area contributed by atoms with Gasteiger partial charge < -0.3 is 15.8 Å². The van der Waals surface area contributed by atoms with E-state index in [1.54, 1.807) is 6.92 Å². The van der Waals surface area contributed by atoms with E-state index in [0.29, 0.717) is 5.82 Å². The molecule has 0 bridgehead atoms. The Hall–Kier alpha value is -1.19. The Bertz CT molecular complexity index is 260. The van der Waals surface area contributed by atoms with Gasteiger partial charge in [-0.05, 0) is 47.1 Å². The molecule has 15 heavy (non-hydrogen) atoms. The van der Waals surface area contributed by atoms with Crippen molar-refractivity contribution >= 4 is 5.97 Å². The summed E-state index contributed by atoms with van der Waals surface area (Å²) in [6.07, 6.45) is 0. The predicted molar refractivity (Wildman–Crippen MR) is 61.0 cm³/mol. The Morgan fingerprint density at radius 2 is 1.80 bits per heavy atom. The zero-order valence-electron chi connectivity index (χ0n) is 10.5. The van der Waals surface area contributed by atoms with Crippen LogP contribution in [0, 0.1) is 0 Å². The lowest BCUT2D eigenvalue weighted by molar-refractivity contribution is -0.156. The van der Waals surface area contributed by atoms with Crippen molar-refractivity contribution in [3.05, 3.63) is 11.4 Å². The fourth-order valence-electron chi connectivity index (χ4n) is 0.827. The van der Waals surface area contributed by atoms with Crippen LogP contribution < -0.4 is 11.1 Å². The average molecular weight is 214 g/mol. The van der Waals surface area contributed by atoms with Gasteiger partial charge in [-0.3, -0.25) is 0 Å². The van der Waals surface area contributed by atoms with E-state index in [1.165, 1.54) is 0 Å². The van der Waals surface area contributed by atoms with E-state index in [2.05, 4.69) is 5.32 Å². The second-order valence-electron chi connectivity index (χ2n) is 4.81. The van der Waals surface area contributed by atoms with Gasteiger partial charge in [-0.2, -0.15) is 0 Å². The summed E-state index contributed by atoms with van der Waals surface area (Å²) in [4.78, 5) is 11.6. The van der Waals surface area contributed by atoms with Crippen molar-refractivity contribution in [2.75, 3.05) is 0 Å². The quantitative estimate of drug-likeness (QED) is 0.699. The second-order valence-corrected chi connectivity index (χ2v) is 4.81. The van der Waals surface area contributed by atoms with E-state index in [9.17, 15) is 4.79 Å². The van der Waals surface area contributed by atoms with Crippen molar-refractivity contribution in [3.63, 3.8) is 0 Å². The largest absolute Gasteiger partial charge is 0.458 e. The second kappa shape index (κ2) is 5.05. The number of hydrogen-bond donors (Lipinski definition) is 2. The zero-order valence-corrected chi connectivity index (χ0v) is 10.5. The molecule has 1 unspecified atom stereocenters. The lowest BCUT2D eigenvalue weighted by Crippen LogP contribution is -2.40. The van der Waals surface area contributed by atoms with Crippen LogP contribution >= 0.6 is 0 Å². The molecular formula is C11H22N2O2. The van der Waals surface area contributed by atoms with Crippen LogP contribution in [0.5, 0.6) is 0 Å². The van der Waals surface area contributed by atoms with Gasteiger partial charge in [-0.25, -0.2) is 4.79 Å². The first-order valence-corrected chi connectivity index (χ1v) is 5.06. The molecule has 0 spiro atoms. The van der Waals surface area contributed by atoms with Crippen LogP contribution in [0.25, 0.3) is 0 Å². The maximum absolute atomic E-state index is 11.6. The molecule has 0 aliphatic heterocycles. The molecule has 1 atom stereocenters. The van der Waals surface area contributed by atoms with Crippen molar-refractivity contribution in [3.8, 4) is 0 Å². The number of carbonyl (C=O) groups excluding carboxylic acids is 1. The van der Waals surface area contributed by atoms with Crippen LogP contribution in [-0.2, 0) is 9.53 Å². The molecule has 0 aliphatic rings. The smallest absolute Gasteiger partial charge is 0.328 e. The van der Waals surface area contributed by atoms with Crippen LogP contribution in [0.2, 0.25) is 0 Å². The normalized spacial score (nSPS) is 12.9. The van der Waals surface area contributed by atoms with Gasteiger partial charge in [0, 0.05) is 0 Å². The van der Waals surface area contributed by atoms with Crippen molar-refractivity contribution in [1.82, 2.24) is 5.32 Å². The lowest BCUT2D eigenvalue weighted by Gasteiger charge is -2.23. The molecule has 0 radical (unpaired) electrons. The number of nitrogens with two attached hydrogens (primary N) is 1. The zero-order chi connectivity index (χ0) is 12.2. The first-order chi connectivity index (χ1) is 6.63. The number of esters is 1. The summed E-state index contributed by atoms with van der Waals surface area (Å²) in [5, 5.41) is 2.88. The minimum Gasteiger partial charge on any atom is -0.458 e. The summed E-state index contributed by atoms with van der Waals surface area (Å²) in [5.41, 5.74) is 6.16. The van der Waals surface area contributed by atoms with Crippen LogP contribution in [-0.4, -0.2) is 17.6 Å². The standard InChI is InChI=1S/C11H22N2O2/c1-7(2)9(12)13-8(3)10(14)15-11(4,5)6/h8,13H,12H2,1-6H3. The summed E-state index contributed by atoms with van der Waals surface area (Å²) < 4.78 is 5.20. The van der Waals surface area contributed by atoms with E-state index in [-0.39, 0.29) is 5.97 Å². The molecule has 0 heterocycles. The summed E-state index contributed by atoms with van der Waals surface area (Å²) >= 11 is 0. The Kier molecular flexibility index (Phi) is 4.65. The first-order valence-electron chi connectivity index (χ1n) is 5.06. The summed E-state index contributed by atoms with van der Waals surface area (Å²) in [5.74, 6) is 0.222. The number of rotatable bonds is 3.